The van der Waals surface area contributed by atoms with Crippen LogP contribution >= 0.6 is 0 Å². The molecular formula is C18H17F5N2O2. The second-order valence-electron chi connectivity index (χ2n) is 6.37. The number of nitrogens with zero attached hydrogens (tertiary/aromatic N) is 2. The minimum atomic E-state index is -4.93. The molecule has 0 bridgehead atoms. The second-order valence-corrected chi connectivity index (χ2v) is 6.37. The van der Waals surface area contributed by atoms with Crippen molar-refractivity contribution in [2.24, 2.45) is 0 Å². The smallest absolute Gasteiger partial charge is 0.435 e. The molecule has 2 aromatic rings. The predicted molar refractivity (Wildman–Crippen MR) is 85.4 cm³/mol. The molecular weight excluding hydrogens is 371 g/mol. The first-order valence-corrected chi connectivity index (χ1v) is 8.45. The highest BCUT2D eigenvalue weighted by atomic mass is 19.4. The minimum absolute atomic E-state index is 0.0197. The molecule has 4 nitrogen and oxygen atoms in total. The third kappa shape index (κ3) is 3.68. The first kappa shape index (κ1) is 19.3. The number of fused-ring (bicyclic) bond motifs is 1. The maximum atomic E-state index is 14.5. The summed E-state index contributed by atoms with van der Waals surface area (Å²) in [6, 6.07) is 7.29. The van der Waals surface area contributed by atoms with Gasteiger partial charge in [-0.2, -0.15) is 18.3 Å². The summed E-state index contributed by atoms with van der Waals surface area (Å²) in [7, 11) is 0. The zero-order valence-electron chi connectivity index (χ0n) is 14.4. The van der Waals surface area contributed by atoms with Crippen molar-refractivity contribution in [2.75, 3.05) is 0 Å². The molecule has 0 fully saturated rings. The van der Waals surface area contributed by atoms with Crippen molar-refractivity contribution < 1.29 is 31.5 Å². The molecule has 27 heavy (non-hydrogen) atoms. The number of aryl methyl sites for hydroxylation is 1. The van der Waals surface area contributed by atoms with Crippen molar-refractivity contribution in [3.63, 3.8) is 0 Å². The number of benzene rings is 1. The molecule has 1 atom stereocenters. The predicted octanol–water partition coefficient (Wildman–Crippen LogP) is 4.79. The van der Waals surface area contributed by atoms with E-state index in [0.29, 0.717) is 12.8 Å². The summed E-state index contributed by atoms with van der Waals surface area (Å²) < 4.78 is 75.0. The van der Waals surface area contributed by atoms with Gasteiger partial charge in [-0.3, -0.25) is 4.68 Å². The molecule has 0 N–H and O–H groups in total. The Hall–Kier alpha value is -2.45. The fourth-order valence-corrected chi connectivity index (χ4v) is 3.10. The summed E-state index contributed by atoms with van der Waals surface area (Å²) in [4.78, 5) is 12.2. The van der Waals surface area contributed by atoms with Crippen LogP contribution in [0, 0.1) is 0 Å². The number of alkyl halides is 5. The average molecular weight is 388 g/mol. The van der Waals surface area contributed by atoms with Gasteiger partial charge in [0.25, 0.3) is 5.92 Å². The van der Waals surface area contributed by atoms with Gasteiger partial charge >= 0.3 is 12.1 Å². The molecule has 146 valence electrons. The van der Waals surface area contributed by atoms with Gasteiger partial charge in [-0.25, -0.2) is 13.6 Å². The summed E-state index contributed by atoms with van der Waals surface area (Å²) in [6.45, 7) is 1.91. The molecule has 0 spiro atoms. The van der Waals surface area contributed by atoms with E-state index in [2.05, 4.69) is 5.10 Å². The number of ether oxygens (including phenoxy) is 1. The van der Waals surface area contributed by atoms with Crippen molar-refractivity contribution in [2.45, 2.75) is 50.9 Å². The molecule has 0 saturated heterocycles. The maximum Gasteiger partial charge on any atom is 0.435 e. The quantitative estimate of drug-likeness (QED) is 0.546. The summed E-state index contributed by atoms with van der Waals surface area (Å²) in [5.74, 6) is -4.76. The van der Waals surface area contributed by atoms with Crippen LogP contribution < -0.4 is 0 Å². The first-order valence-electron chi connectivity index (χ1n) is 8.45. The van der Waals surface area contributed by atoms with Gasteiger partial charge in [-0.15, -0.1) is 0 Å². The Bertz CT molecular complexity index is 830. The van der Waals surface area contributed by atoms with Crippen LogP contribution in [0.4, 0.5) is 22.0 Å². The van der Waals surface area contributed by atoms with E-state index in [-0.39, 0.29) is 17.8 Å². The Labute approximate surface area is 151 Å². The average Bonchev–Trinajstić information content (AvgIpc) is 3.07. The molecule has 1 aliphatic rings. The van der Waals surface area contributed by atoms with E-state index >= 15 is 0 Å². The van der Waals surface area contributed by atoms with Crippen molar-refractivity contribution in [3.8, 4) is 0 Å². The molecule has 0 amide bonds. The van der Waals surface area contributed by atoms with Gasteiger partial charge in [0.2, 0.25) is 0 Å². The SMILES string of the molecule is CCCCn1nc(C(F)(F)F)c2c1CC(F)(F)[C@H]2OC(=O)c1ccccc1. The summed E-state index contributed by atoms with van der Waals surface area (Å²) in [5, 5.41) is 3.50. The molecule has 9 heteroatoms. The fourth-order valence-electron chi connectivity index (χ4n) is 3.10. The number of unbranched alkanes of at least 4 members (excludes halogenated alkanes) is 1. The fraction of sp³-hybridized carbons (Fsp3) is 0.444. The first-order chi connectivity index (χ1) is 12.6. The zero-order chi connectivity index (χ0) is 19.8. The number of aromatic nitrogens is 2. The molecule has 0 unspecified atom stereocenters. The highest BCUT2D eigenvalue weighted by Crippen LogP contribution is 2.50. The molecule has 0 aliphatic heterocycles. The van der Waals surface area contributed by atoms with E-state index in [9.17, 15) is 26.7 Å². The molecule has 1 aliphatic carbocycles. The van der Waals surface area contributed by atoms with Crippen LogP contribution in [-0.4, -0.2) is 21.7 Å². The van der Waals surface area contributed by atoms with Crippen LogP contribution in [0.15, 0.2) is 30.3 Å². The van der Waals surface area contributed by atoms with E-state index in [0.717, 1.165) is 4.68 Å². The van der Waals surface area contributed by atoms with Gasteiger partial charge < -0.3 is 4.74 Å². The molecule has 1 heterocycles. The van der Waals surface area contributed by atoms with Crippen molar-refractivity contribution in [1.82, 2.24) is 9.78 Å². The number of hydrogen-bond acceptors (Lipinski definition) is 3. The molecule has 1 aromatic carbocycles. The number of hydrogen-bond donors (Lipinski definition) is 0. The van der Waals surface area contributed by atoms with Gasteiger partial charge in [0.1, 0.15) is 0 Å². The molecule has 1 aromatic heterocycles. The van der Waals surface area contributed by atoms with Crippen molar-refractivity contribution in [1.29, 1.82) is 0 Å². The van der Waals surface area contributed by atoms with Crippen LogP contribution in [-0.2, 0) is 23.9 Å². The van der Waals surface area contributed by atoms with Crippen molar-refractivity contribution >= 4 is 5.97 Å². The lowest BCUT2D eigenvalue weighted by Crippen LogP contribution is -2.29. The van der Waals surface area contributed by atoms with Gasteiger partial charge in [0, 0.05) is 6.54 Å². The number of halogens is 5. The summed E-state index contributed by atoms with van der Waals surface area (Å²) in [6.07, 6.45) is -7.06. The Morgan fingerprint density at radius 1 is 1.30 bits per heavy atom. The van der Waals surface area contributed by atoms with Crippen LogP contribution in [0.3, 0.4) is 0 Å². The lowest BCUT2D eigenvalue weighted by molar-refractivity contribution is -0.147. The third-order valence-electron chi connectivity index (χ3n) is 4.37. The number of esters is 1. The van der Waals surface area contributed by atoms with Crippen LogP contribution in [0.25, 0.3) is 0 Å². The van der Waals surface area contributed by atoms with Crippen LogP contribution in [0.5, 0.6) is 0 Å². The standard InChI is InChI=1S/C18H17F5N2O2/c1-2-3-9-25-12-10-17(19,20)15(13(12)14(24-25)18(21,22)23)27-16(26)11-7-5-4-6-8-11/h4-8,15H,2-3,9-10H2,1H3/t15-/m0/s1. The highest BCUT2D eigenvalue weighted by molar-refractivity contribution is 5.89. The van der Waals surface area contributed by atoms with E-state index in [1.165, 1.54) is 24.3 Å². The normalized spacial score (nSPS) is 18.4. The Balaban J connectivity index is 2.02. The molecule has 0 saturated carbocycles. The lowest BCUT2D eigenvalue weighted by atomic mass is 10.1. The second kappa shape index (κ2) is 6.94. The van der Waals surface area contributed by atoms with E-state index in [1.54, 1.807) is 6.07 Å². The van der Waals surface area contributed by atoms with Crippen LogP contribution in [0.2, 0.25) is 0 Å². The Morgan fingerprint density at radius 2 is 1.96 bits per heavy atom. The van der Waals surface area contributed by atoms with E-state index in [4.69, 9.17) is 4.74 Å². The van der Waals surface area contributed by atoms with Crippen molar-refractivity contribution in [3.05, 3.63) is 52.8 Å². The molecule has 0 radical (unpaired) electrons. The zero-order valence-corrected chi connectivity index (χ0v) is 14.4. The summed E-state index contributed by atoms with van der Waals surface area (Å²) >= 11 is 0. The van der Waals surface area contributed by atoms with Gasteiger partial charge in [-0.05, 0) is 18.6 Å². The topological polar surface area (TPSA) is 44.1 Å². The number of carbonyl (C=O) groups excluding carboxylic acids is 1. The lowest BCUT2D eigenvalue weighted by Gasteiger charge is -2.21. The Kier molecular flexibility index (Phi) is 4.96. The highest BCUT2D eigenvalue weighted by Gasteiger charge is 2.57. The maximum absolute atomic E-state index is 14.5. The van der Waals surface area contributed by atoms with Crippen LogP contribution in [0.1, 0.15) is 53.2 Å². The minimum Gasteiger partial charge on any atom is -0.447 e. The summed E-state index contributed by atoms with van der Waals surface area (Å²) in [5.41, 5.74) is -2.41. The third-order valence-corrected chi connectivity index (χ3v) is 4.37. The monoisotopic (exact) mass is 388 g/mol. The molecule has 3 rings (SSSR count). The van der Waals surface area contributed by atoms with E-state index in [1.807, 2.05) is 6.92 Å². The van der Waals surface area contributed by atoms with Gasteiger partial charge in [0.05, 0.1) is 23.2 Å². The van der Waals surface area contributed by atoms with Gasteiger partial charge in [-0.1, -0.05) is 31.5 Å². The van der Waals surface area contributed by atoms with E-state index < -0.39 is 41.9 Å². The largest absolute Gasteiger partial charge is 0.447 e. The number of rotatable bonds is 5. The Morgan fingerprint density at radius 3 is 2.56 bits per heavy atom. The number of carbonyl (C=O) groups is 1. The van der Waals surface area contributed by atoms with Gasteiger partial charge in [0.15, 0.2) is 11.8 Å².